The van der Waals surface area contributed by atoms with E-state index in [-0.39, 0.29) is 12.0 Å². The lowest BCUT2D eigenvalue weighted by molar-refractivity contribution is -0.120. The van der Waals surface area contributed by atoms with Crippen molar-refractivity contribution in [3.05, 3.63) is 60.2 Å². The standard InChI is InChI=1S/C24H30N2O3S/c1-18(2)30-22-10-8-19(9-11-22)16-23(27)25-17-20-12-14-26(15-13-20)24(28)29-21-6-4-3-5-7-21/h3-11,18,20H,12-17H2,1-2H3,(H,25,27). The summed E-state index contributed by atoms with van der Waals surface area (Å²) in [4.78, 5) is 27.5. The van der Waals surface area contributed by atoms with E-state index in [2.05, 4.69) is 31.3 Å². The molecule has 1 N–H and O–H groups in total. The largest absolute Gasteiger partial charge is 0.415 e. The molecule has 2 aromatic carbocycles. The number of thioether (sulfide) groups is 1. The lowest BCUT2D eigenvalue weighted by atomic mass is 9.97. The fraction of sp³-hybridized carbons (Fsp3) is 0.417. The highest BCUT2D eigenvalue weighted by atomic mass is 32.2. The number of carbonyl (C=O) groups is 2. The number of hydrogen-bond donors (Lipinski definition) is 1. The van der Waals surface area contributed by atoms with Gasteiger partial charge in [-0.25, -0.2) is 4.79 Å². The molecule has 6 heteroatoms. The third kappa shape index (κ3) is 7.10. The molecule has 1 saturated heterocycles. The number of nitrogens with zero attached hydrogens (tertiary/aromatic N) is 1. The second kappa shape index (κ2) is 11.1. The maximum absolute atomic E-state index is 12.3. The van der Waals surface area contributed by atoms with E-state index < -0.39 is 0 Å². The van der Waals surface area contributed by atoms with E-state index in [1.165, 1.54) is 4.90 Å². The SMILES string of the molecule is CC(C)Sc1ccc(CC(=O)NCC2CCN(C(=O)Oc3ccccc3)CC2)cc1. The lowest BCUT2D eigenvalue weighted by Crippen LogP contribution is -2.42. The molecule has 0 bridgehead atoms. The summed E-state index contributed by atoms with van der Waals surface area (Å²) in [5.74, 6) is 0.998. The molecule has 30 heavy (non-hydrogen) atoms. The summed E-state index contributed by atoms with van der Waals surface area (Å²) in [6, 6.07) is 17.3. The van der Waals surface area contributed by atoms with Crippen molar-refractivity contribution in [2.45, 2.75) is 43.3 Å². The molecular weight excluding hydrogens is 396 g/mol. The smallest absolute Gasteiger partial charge is 0.410 e. The van der Waals surface area contributed by atoms with E-state index in [4.69, 9.17) is 4.74 Å². The van der Waals surface area contributed by atoms with Crippen LogP contribution in [0.5, 0.6) is 5.75 Å². The average molecular weight is 427 g/mol. The van der Waals surface area contributed by atoms with Crippen LogP contribution in [0.1, 0.15) is 32.3 Å². The molecule has 0 saturated carbocycles. The third-order valence-electron chi connectivity index (χ3n) is 5.07. The molecule has 160 valence electrons. The molecule has 1 aliphatic heterocycles. The van der Waals surface area contributed by atoms with Gasteiger partial charge in [0.1, 0.15) is 5.75 Å². The first kappa shape index (κ1) is 22.2. The molecule has 1 heterocycles. The molecule has 0 aromatic heterocycles. The van der Waals surface area contributed by atoms with Crippen molar-refractivity contribution in [1.82, 2.24) is 10.2 Å². The Morgan fingerprint density at radius 1 is 1.07 bits per heavy atom. The molecule has 2 aromatic rings. The van der Waals surface area contributed by atoms with E-state index >= 15 is 0 Å². The van der Waals surface area contributed by atoms with Crippen LogP contribution in [0.25, 0.3) is 0 Å². The van der Waals surface area contributed by atoms with Gasteiger partial charge in [0, 0.05) is 29.8 Å². The van der Waals surface area contributed by atoms with Crippen molar-refractivity contribution in [3.8, 4) is 5.75 Å². The van der Waals surface area contributed by atoms with Crippen molar-refractivity contribution in [2.24, 2.45) is 5.92 Å². The van der Waals surface area contributed by atoms with E-state index in [0.717, 1.165) is 18.4 Å². The maximum Gasteiger partial charge on any atom is 0.415 e. The quantitative estimate of drug-likeness (QED) is 0.649. The Morgan fingerprint density at radius 2 is 1.73 bits per heavy atom. The van der Waals surface area contributed by atoms with E-state index in [1.54, 1.807) is 17.0 Å². The number of hydrogen-bond acceptors (Lipinski definition) is 4. The maximum atomic E-state index is 12.3. The van der Waals surface area contributed by atoms with Crippen molar-refractivity contribution in [1.29, 1.82) is 0 Å². The zero-order chi connectivity index (χ0) is 21.3. The minimum atomic E-state index is -0.303. The fourth-order valence-electron chi connectivity index (χ4n) is 3.44. The summed E-state index contributed by atoms with van der Waals surface area (Å²) in [6.45, 7) is 6.30. The second-order valence-electron chi connectivity index (χ2n) is 7.90. The Balaban J connectivity index is 1.36. The summed E-state index contributed by atoms with van der Waals surface area (Å²) in [7, 11) is 0. The van der Waals surface area contributed by atoms with Crippen LogP contribution in [0.3, 0.4) is 0 Å². The van der Waals surface area contributed by atoms with Gasteiger partial charge in [-0.2, -0.15) is 0 Å². The highest BCUT2D eigenvalue weighted by Crippen LogP contribution is 2.23. The number of benzene rings is 2. The van der Waals surface area contributed by atoms with Gasteiger partial charge in [-0.15, -0.1) is 11.8 Å². The number of nitrogens with one attached hydrogen (secondary N) is 1. The summed E-state index contributed by atoms with van der Waals surface area (Å²) in [5.41, 5.74) is 1.03. The molecule has 2 amide bonds. The predicted molar refractivity (Wildman–Crippen MR) is 121 cm³/mol. The molecule has 3 rings (SSSR count). The van der Waals surface area contributed by atoms with Gasteiger partial charge in [0.05, 0.1) is 6.42 Å². The number of carbonyl (C=O) groups excluding carboxylic acids is 2. The normalized spacial score (nSPS) is 14.6. The fourth-order valence-corrected chi connectivity index (χ4v) is 4.28. The molecule has 1 fully saturated rings. The monoisotopic (exact) mass is 426 g/mol. The highest BCUT2D eigenvalue weighted by molar-refractivity contribution is 7.99. The van der Waals surface area contributed by atoms with Gasteiger partial charge in [-0.05, 0) is 48.6 Å². The Morgan fingerprint density at radius 3 is 2.37 bits per heavy atom. The second-order valence-corrected chi connectivity index (χ2v) is 9.55. The third-order valence-corrected chi connectivity index (χ3v) is 6.08. The van der Waals surface area contributed by atoms with Crippen LogP contribution in [-0.4, -0.2) is 41.8 Å². The van der Waals surface area contributed by atoms with E-state index in [0.29, 0.717) is 43.0 Å². The number of para-hydroxylation sites is 1. The number of piperidine rings is 1. The summed E-state index contributed by atoms with van der Waals surface area (Å²) < 4.78 is 5.40. The Labute approximate surface area is 183 Å². The van der Waals surface area contributed by atoms with Crippen molar-refractivity contribution < 1.29 is 14.3 Å². The number of likely N-dealkylation sites (tertiary alicyclic amines) is 1. The van der Waals surface area contributed by atoms with Gasteiger partial charge in [0.2, 0.25) is 5.91 Å². The van der Waals surface area contributed by atoms with Gasteiger partial charge in [-0.3, -0.25) is 4.79 Å². The molecule has 0 spiro atoms. The predicted octanol–water partition coefficient (Wildman–Crippen LogP) is 4.76. The minimum absolute atomic E-state index is 0.0465. The number of amides is 2. The molecule has 0 unspecified atom stereocenters. The van der Waals surface area contributed by atoms with E-state index in [9.17, 15) is 9.59 Å². The zero-order valence-corrected chi connectivity index (χ0v) is 18.5. The van der Waals surface area contributed by atoms with Crippen LogP contribution in [-0.2, 0) is 11.2 Å². The summed E-state index contributed by atoms with van der Waals surface area (Å²) in [6.07, 6.45) is 1.83. The zero-order valence-electron chi connectivity index (χ0n) is 17.7. The van der Waals surface area contributed by atoms with Crippen molar-refractivity contribution >= 4 is 23.8 Å². The number of rotatable bonds is 7. The first-order valence-electron chi connectivity index (χ1n) is 10.5. The Bertz CT molecular complexity index is 816. The van der Waals surface area contributed by atoms with Crippen LogP contribution in [0.15, 0.2) is 59.5 Å². The average Bonchev–Trinajstić information content (AvgIpc) is 2.74. The van der Waals surface area contributed by atoms with Crippen molar-refractivity contribution in [3.63, 3.8) is 0 Å². The molecule has 0 aliphatic carbocycles. The van der Waals surface area contributed by atoms with Crippen LogP contribution >= 0.6 is 11.8 Å². The van der Waals surface area contributed by atoms with Gasteiger partial charge in [0.25, 0.3) is 0 Å². The summed E-state index contributed by atoms with van der Waals surface area (Å²) in [5, 5.41) is 3.60. The first-order valence-corrected chi connectivity index (χ1v) is 11.4. The lowest BCUT2D eigenvalue weighted by Gasteiger charge is -2.31. The highest BCUT2D eigenvalue weighted by Gasteiger charge is 2.24. The molecule has 0 atom stereocenters. The van der Waals surface area contributed by atoms with Gasteiger partial charge in [-0.1, -0.05) is 44.2 Å². The van der Waals surface area contributed by atoms with Crippen LogP contribution in [0.4, 0.5) is 4.79 Å². The van der Waals surface area contributed by atoms with Gasteiger partial charge in [0.15, 0.2) is 0 Å². The van der Waals surface area contributed by atoms with Gasteiger partial charge < -0.3 is 15.0 Å². The topological polar surface area (TPSA) is 58.6 Å². The molecule has 0 radical (unpaired) electrons. The van der Waals surface area contributed by atoms with E-state index in [1.807, 2.05) is 42.1 Å². The molecular formula is C24H30N2O3S. The Kier molecular flexibility index (Phi) is 8.20. The minimum Gasteiger partial charge on any atom is -0.410 e. The molecule has 5 nitrogen and oxygen atoms in total. The molecule has 1 aliphatic rings. The summed E-state index contributed by atoms with van der Waals surface area (Å²) >= 11 is 1.82. The van der Waals surface area contributed by atoms with Crippen LogP contribution in [0, 0.1) is 5.92 Å². The van der Waals surface area contributed by atoms with Crippen molar-refractivity contribution in [2.75, 3.05) is 19.6 Å². The first-order chi connectivity index (χ1) is 14.5. The van der Waals surface area contributed by atoms with Gasteiger partial charge >= 0.3 is 6.09 Å². The Hall–Kier alpha value is -2.47. The van der Waals surface area contributed by atoms with Crippen LogP contribution < -0.4 is 10.1 Å². The van der Waals surface area contributed by atoms with Crippen LogP contribution in [0.2, 0.25) is 0 Å². The number of ether oxygens (including phenoxy) is 1.